The molecular formula is C20H23NO3. The molecule has 1 aliphatic heterocycles. The molecule has 0 fully saturated rings. The normalized spacial score (nSPS) is 13.8. The molecule has 4 nitrogen and oxygen atoms in total. The van der Waals surface area contributed by atoms with E-state index in [9.17, 15) is 4.79 Å². The van der Waals surface area contributed by atoms with E-state index in [1.54, 1.807) is 7.11 Å². The van der Waals surface area contributed by atoms with Crippen molar-refractivity contribution < 1.29 is 14.3 Å². The standard InChI is InChI=1S/C20H23NO3/c1-14(10-16-6-7-19-17(11-16)8-9-24-19)21-20(22)13-15-4-3-5-18(12-15)23-2/h3-7,11-12,14H,8-10,13H2,1-2H3,(H,21,22). The van der Waals surface area contributed by atoms with Gasteiger partial charge in [0.15, 0.2) is 0 Å². The maximum Gasteiger partial charge on any atom is 0.224 e. The van der Waals surface area contributed by atoms with Gasteiger partial charge in [0.1, 0.15) is 11.5 Å². The van der Waals surface area contributed by atoms with Gasteiger partial charge in [0.2, 0.25) is 5.91 Å². The summed E-state index contributed by atoms with van der Waals surface area (Å²) in [4.78, 5) is 12.2. The van der Waals surface area contributed by atoms with E-state index in [1.807, 2.05) is 37.3 Å². The Morgan fingerprint density at radius 3 is 2.96 bits per heavy atom. The van der Waals surface area contributed by atoms with Crippen LogP contribution >= 0.6 is 0 Å². The molecule has 1 unspecified atom stereocenters. The quantitative estimate of drug-likeness (QED) is 0.888. The Morgan fingerprint density at radius 2 is 2.12 bits per heavy atom. The monoisotopic (exact) mass is 325 g/mol. The summed E-state index contributed by atoms with van der Waals surface area (Å²) in [6, 6.07) is 14.0. The van der Waals surface area contributed by atoms with Gasteiger partial charge in [0.05, 0.1) is 20.1 Å². The van der Waals surface area contributed by atoms with Crippen molar-refractivity contribution in [2.75, 3.05) is 13.7 Å². The maximum atomic E-state index is 12.2. The Bertz CT molecular complexity index is 727. The van der Waals surface area contributed by atoms with Crippen LogP contribution in [0.25, 0.3) is 0 Å². The first kappa shape index (κ1) is 16.4. The van der Waals surface area contributed by atoms with Crippen LogP contribution in [0.2, 0.25) is 0 Å². The SMILES string of the molecule is COc1cccc(CC(=O)NC(C)Cc2ccc3c(c2)CCO3)c1. The summed E-state index contributed by atoms with van der Waals surface area (Å²) in [5.41, 5.74) is 3.45. The van der Waals surface area contributed by atoms with Gasteiger partial charge in [0, 0.05) is 12.5 Å². The smallest absolute Gasteiger partial charge is 0.224 e. The second kappa shape index (κ2) is 7.39. The minimum Gasteiger partial charge on any atom is -0.497 e. The van der Waals surface area contributed by atoms with E-state index in [0.29, 0.717) is 6.42 Å². The fourth-order valence-electron chi connectivity index (χ4n) is 3.07. The third-order valence-electron chi connectivity index (χ3n) is 4.20. The number of rotatable bonds is 6. The summed E-state index contributed by atoms with van der Waals surface area (Å²) >= 11 is 0. The first-order chi connectivity index (χ1) is 11.6. The lowest BCUT2D eigenvalue weighted by Gasteiger charge is -2.15. The van der Waals surface area contributed by atoms with E-state index in [0.717, 1.165) is 36.5 Å². The molecule has 24 heavy (non-hydrogen) atoms. The second-order valence-electron chi connectivity index (χ2n) is 6.24. The number of benzene rings is 2. The van der Waals surface area contributed by atoms with E-state index in [-0.39, 0.29) is 11.9 Å². The number of hydrogen-bond donors (Lipinski definition) is 1. The van der Waals surface area contributed by atoms with Gasteiger partial charge < -0.3 is 14.8 Å². The highest BCUT2D eigenvalue weighted by atomic mass is 16.5. The number of amides is 1. The van der Waals surface area contributed by atoms with Crippen molar-refractivity contribution in [3.63, 3.8) is 0 Å². The van der Waals surface area contributed by atoms with Crippen LogP contribution in [0.15, 0.2) is 42.5 Å². The van der Waals surface area contributed by atoms with Crippen molar-refractivity contribution in [3.8, 4) is 11.5 Å². The van der Waals surface area contributed by atoms with Gasteiger partial charge in [0.25, 0.3) is 0 Å². The summed E-state index contributed by atoms with van der Waals surface area (Å²) in [6.07, 6.45) is 2.15. The predicted octanol–water partition coefficient (Wildman–Crippen LogP) is 2.92. The summed E-state index contributed by atoms with van der Waals surface area (Å²) < 4.78 is 10.7. The number of carbonyl (C=O) groups excluding carboxylic acids is 1. The molecule has 0 aliphatic carbocycles. The zero-order chi connectivity index (χ0) is 16.9. The fourth-order valence-corrected chi connectivity index (χ4v) is 3.07. The average molecular weight is 325 g/mol. The van der Waals surface area contributed by atoms with Gasteiger partial charge in [-0.2, -0.15) is 0 Å². The van der Waals surface area contributed by atoms with E-state index in [1.165, 1.54) is 11.1 Å². The van der Waals surface area contributed by atoms with Gasteiger partial charge in [-0.25, -0.2) is 0 Å². The molecule has 0 saturated carbocycles. The average Bonchev–Trinajstić information content (AvgIpc) is 3.02. The number of hydrogen-bond acceptors (Lipinski definition) is 3. The molecule has 1 amide bonds. The molecule has 2 aromatic rings. The molecule has 126 valence electrons. The Kier molecular flexibility index (Phi) is 5.04. The largest absolute Gasteiger partial charge is 0.497 e. The van der Waals surface area contributed by atoms with Gasteiger partial charge >= 0.3 is 0 Å². The second-order valence-corrected chi connectivity index (χ2v) is 6.24. The highest BCUT2D eigenvalue weighted by Crippen LogP contribution is 2.26. The third kappa shape index (κ3) is 4.07. The topological polar surface area (TPSA) is 47.6 Å². The Labute approximate surface area is 142 Å². The first-order valence-electron chi connectivity index (χ1n) is 8.31. The van der Waals surface area contributed by atoms with Gasteiger partial charge in [-0.15, -0.1) is 0 Å². The molecule has 4 heteroatoms. The zero-order valence-corrected chi connectivity index (χ0v) is 14.2. The van der Waals surface area contributed by atoms with Gasteiger partial charge in [-0.05, 0) is 48.2 Å². The fraction of sp³-hybridized carbons (Fsp3) is 0.350. The lowest BCUT2D eigenvalue weighted by molar-refractivity contribution is -0.121. The molecular weight excluding hydrogens is 302 g/mol. The predicted molar refractivity (Wildman–Crippen MR) is 93.6 cm³/mol. The molecule has 3 rings (SSSR count). The molecule has 0 spiro atoms. The highest BCUT2D eigenvalue weighted by Gasteiger charge is 2.14. The molecule has 0 aromatic heterocycles. The lowest BCUT2D eigenvalue weighted by Crippen LogP contribution is -2.35. The number of fused-ring (bicyclic) bond motifs is 1. The molecule has 2 aromatic carbocycles. The Balaban J connectivity index is 1.54. The molecule has 1 heterocycles. The van der Waals surface area contributed by atoms with Gasteiger partial charge in [-0.1, -0.05) is 24.3 Å². The van der Waals surface area contributed by atoms with Crippen molar-refractivity contribution in [2.45, 2.75) is 32.2 Å². The van der Waals surface area contributed by atoms with Crippen molar-refractivity contribution in [3.05, 3.63) is 59.2 Å². The Hall–Kier alpha value is -2.49. The molecule has 1 aliphatic rings. The zero-order valence-electron chi connectivity index (χ0n) is 14.2. The summed E-state index contributed by atoms with van der Waals surface area (Å²) in [5, 5.41) is 3.07. The first-order valence-corrected chi connectivity index (χ1v) is 8.31. The Morgan fingerprint density at radius 1 is 1.25 bits per heavy atom. The van der Waals surface area contributed by atoms with Crippen molar-refractivity contribution in [1.82, 2.24) is 5.32 Å². The van der Waals surface area contributed by atoms with E-state index in [4.69, 9.17) is 9.47 Å². The van der Waals surface area contributed by atoms with Crippen molar-refractivity contribution in [1.29, 1.82) is 0 Å². The van der Waals surface area contributed by atoms with Crippen LogP contribution in [0.4, 0.5) is 0 Å². The van der Waals surface area contributed by atoms with E-state index < -0.39 is 0 Å². The molecule has 0 saturated heterocycles. The summed E-state index contributed by atoms with van der Waals surface area (Å²) in [6.45, 7) is 2.80. The van der Waals surface area contributed by atoms with Crippen LogP contribution < -0.4 is 14.8 Å². The van der Waals surface area contributed by atoms with Crippen LogP contribution in [-0.4, -0.2) is 25.7 Å². The lowest BCUT2D eigenvalue weighted by atomic mass is 10.0. The highest BCUT2D eigenvalue weighted by molar-refractivity contribution is 5.79. The summed E-state index contributed by atoms with van der Waals surface area (Å²) in [5.74, 6) is 1.79. The van der Waals surface area contributed by atoms with Crippen LogP contribution in [0, 0.1) is 0 Å². The molecule has 0 radical (unpaired) electrons. The number of methoxy groups -OCH3 is 1. The van der Waals surface area contributed by atoms with Crippen LogP contribution in [0.1, 0.15) is 23.6 Å². The summed E-state index contributed by atoms with van der Waals surface area (Å²) in [7, 11) is 1.63. The van der Waals surface area contributed by atoms with Crippen molar-refractivity contribution in [2.24, 2.45) is 0 Å². The van der Waals surface area contributed by atoms with Crippen LogP contribution in [0.3, 0.4) is 0 Å². The molecule has 1 N–H and O–H groups in total. The van der Waals surface area contributed by atoms with Crippen LogP contribution in [0.5, 0.6) is 11.5 Å². The molecule has 0 bridgehead atoms. The van der Waals surface area contributed by atoms with Gasteiger partial charge in [-0.3, -0.25) is 4.79 Å². The number of nitrogens with one attached hydrogen (secondary N) is 1. The molecule has 1 atom stereocenters. The minimum atomic E-state index is 0.0280. The van der Waals surface area contributed by atoms with Crippen molar-refractivity contribution >= 4 is 5.91 Å². The third-order valence-corrected chi connectivity index (χ3v) is 4.20. The van der Waals surface area contributed by atoms with E-state index in [2.05, 4.69) is 17.4 Å². The minimum absolute atomic E-state index is 0.0280. The van der Waals surface area contributed by atoms with Crippen LogP contribution in [-0.2, 0) is 24.1 Å². The maximum absolute atomic E-state index is 12.2. The number of carbonyl (C=O) groups is 1. The van der Waals surface area contributed by atoms with E-state index >= 15 is 0 Å². The number of ether oxygens (including phenoxy) is 2.